The average molecular weight is 286 g/mol. The molecule has 0 amide bonds. The Morgan fingerprint density at radius 1 is 1.00 bits per heavy atom. The first-order valence-electron chi connectivity index (χ1n) is 6.17. The minimum absolute atomic E-state index is 0.0556. The molecule has 0 aromatic heterocycles. The fourth-order valence-corrected chi connectivity index (χ4v) is 2.49. The molecule has 0 saturated heterocycles. The summed E-state index contributed by atoms with van der Waals surface area (Å²) in [6.07, 6.45) is 0. The van der Waals surface area contributed by atoms with Crippen LogP contribution >= 0.6 is 11.8 Å². The Hall–Kier alpha value is -2.07. The predicted molar refractivity (Wildman–Crippen MR) is 80.3 cm³/mol. The van der Waals surface area contributed by atoms with Crippen LogP contribution in [0.5, 0.6) is 0 Å². The minimum atomic E-state index is -0.919. The van der Waals surface area contributed by atoms with Gasteiger partial charge in [0.25, 0.3) is 0 Å². The Labute approximate surface area is 121 Å². The topological polar surface area (TPSA) is 54.4 Å². The summed E-state index contributed by atoms with van der Waals surface area (Å²) in [5.41, 5.74) is 2.04. The van der Waals surface area contributed by atoms with Crippen molar-refractivity contribution in [2.75, 3.05) is 0 Å². The number of benzene rings is 2. The van der Waals surface area contributed by atoms with E-state index in [-0.39, 0.29) is 11.0 Å². The highest BCUT2D eigenvalue weighted by atomic mass is 32.2. The zero-order chi connectivity index (χ0) is 14.5. The molecule has 3 nitrogen and oxygen atoms in total. The fourth-order valence-electron chi connectivity index (χ4n) is 1.91. The van der Waals surface area contributed by atoms with E-state index in [0.717, 1.165) is 17.3 Å². The van der Waals surface area contributed by atoms with Gasteiger partial charge in [-0.15, -0.1) is 0 Å². The van der Waals surface area contributed by atoms with Crippen LogP contribution in [-0.2, 0) is 0 Å². The second kappa shape index (κ2) is 6.39. The van der Waals surface area contributed by atoms with E-state index in [0.29, 0.717) is 11.1 Å². The number of thioether (sulfide) groups is 1. The first kappa shape index (κ1) is 14.3. The zero-order valence-electron chi connectivity index (χ0n) is 10.9. The lowest BCUT2D eigenvalue weighted by molar-refractivity contribution is 0.103. The summed E-state index contributed by atoms with van der Waals surface area (Å²) in [5.74, 6) is -0.0556. The summed E-state index contributed by atoms with van der Waals surface area (Å²) in [4.78, 5) is 23.0. The number of carboxylic acid groups (broad SMARTS) is 1. The highest BCUT2D eigenvalue weighted by Crippen LogP contribution is 2.29. The van der Waals surface area contributed by atoms with Gasteiger partial charge in [-0.25, -0.2) is 4.79 Å². The molecule has 1 atom stereocenters. The third-order valence-electron chi connectivity index (χ3n) is 2.93. The van der Waals surface area contributed by atoms with E-state index in [1.165, 1.54) is 0 Å². The van der Waals surface area contributed by atoms with E-state index in [2.05, 4.69) is 0 Å². The molecule has 1 unspecified atom stereocenters. The molecule has 4 heteroatoms. The Morgan fingerprint density at radius 3 is 2.30 bits per heavy atom. The number of carbonyl (C=O) groups is 2. The smallest absolute Gasteiger partial charge is 0.365 e. The number of rotatable bonds is 4. The molecule has 0 spiro atoms. The number of hydrogen-bond acceptors (Lipinski definition) is 3. The van der Waals surface area contributed by atoms with Gasteiger partial charge in [-0.1, -0.05) is 48.5 Å². The van der Waals surface area contributed by atoms with Gasteiger partial charge in [-0.3, -0.25) is 4.79 Å². The fraction of sp³-hybridized carbons (Fsp3) is 0.125. The third-order valence-corrected chi connectivity index (χ3v) is 3.76. The van der Waals surface area contributed by atoms with E-state index in [4.69, 9.17) is 5.11 Å². The Kier molecular flexibility index (Phi) is 4.58. The SMILES string of the molecule is CC(SC(=O)O)c1cccc(C(=O)c2ccccc2)c1. The predicted octanol–water partition coefficient (Wildman–Crippen LogP) is 4.39. The van der Waals surface area contributed by atoms with Gasteiger partial charge in [0.2, 0.25) is 0 Å². The van der Waals surface area contributed by atoms with Gasteiger partial charge in [-0.05, 0) is 30.3 Å². The van der Waals surface area contributed by atoms with Gasteiger partial charge < -0.3 is 5.11 Å². The molecule has 0 aliphatic carbocycles. The number of hydrogen-bond donors (Lipinski definition) is 1. The van der Waals surface area contributed by atoms with Crippen molar-refractivity contribution in [2.45, 2.75) is 12.2 Å². The van der Waals surface area contributed by atoms with Crippen LogP contribution in [0.4, 0.5) is 4.79 Å². The molecule has 20 heavy (non-hydrogen) atoms. The summed E-state index contributed by atoms with van der Waals surface area (Å²) in [6, 6.07) is 16.2. The van der Waals surface area contributed by atoms with Crippen molar-refractivity contribution in [3.05, 3.63) is 71.3 Å². The van der Waals surface area contributed by atoms with Crippen molar-refractivity contribution in [2.24, 2.45) is 0 Å². The third kappa shape index (κ3) is 3.48. The van der Waals surface area contributed by atoms with Gasteiger partial charge in [0.1, 0.15) is 0 Å². The molecule has 2 rings (SSSR count). The van der Waals surface area contributed by atoms with Gasteiger partial charge >= 0.3 is 5.30 Å². The van der Waals surface area contributed by atoms with Crippen molar-refractivity contribution in [3.8, 4) is 0 Å². The van der Waals surface area contributed by atoms with Crippen LogP contribution in [0.1, 0.15) is 33.7 Å². The summed E-state index contributed by atoms with van der Waals surface area (Å²) < 4.78 is 0. The molecule has 102 valence electrons. The second-order valence-electron chi connectivity index (χ2n) is 4.35. The highest BCUT2D eigenvalue weighted by molar-refractivity contribution is 8.13. The van der Waals surface area contributed by atoms with Crippen LogP contribution in [0.25, 0.3) is 0 Å². The molecule has 0 saturated carbocycles. The number of carbonyl (C=O) groups excluding carboxylic acids is 1. The molecule has 0 bridgehead atoms. The van der Waals surface area contributed by atoms with Crippen molar-refractivity contribution in [1.29, 1.82) is 0 Å². The first-order valence-corrected chi connectivity index (χ1v) is 7.05. The van der Waals surface area contributed by atoms with Crippen molar-refractivity contribution >= 4 is 22.8 Å². The lowest BCUT2D eigenvalue weighted by Gasteiger charge is -2.10. The van der Waals surface area contributed by atoms with Gasteiger partial charge in [0.05, 0.1) is 0 Å². The maximum Gasteiger partial charge on any atom is 0.365 e. The molecule has 0 radical (unpaired) electrons. The largest absolute Gasteiger partial charge is 0.473 e. The normalized spacial score (nSPS) is 11.8. The lowest BCUT2D eigenvalue weighted by Crippen LogP contribution is -2.02. The molecular weight excluding hydrogens is 272 g/mol. The van der Waals surface area contributed by atoms with Gasteiger partial charge in [-0.2, -0.15) is 0 Å². The maximum atomic E-state index is 12.3. The van der Waals surface area contributed by atoms with Gasteiger partial charge in [0, 0.05) is 16.4 Å². The van der Waals surface area contributed by atoms with Gasteiger partial charge in [0.15, 0.2) is 5.78 Å². The molecule has 0 fully saturated rings. The minimum Gasteiger partial charge on any atom is -0.473 e. The highest BCUT2D eigenvalue weighted by Gasteiger charge is 2.14. The molecule has 0 aliphatic heterocycles. The molecule has 2 aromatic rings. The average Bonchev–Trinajstić information content (AvgIpc) is 2.47. The van der Waals surface area contributed by atoms with Crippen LogP contribution < -0.4 is 0 Å². The molecule has 0 aliphatic rings. The molecule has 1 N–H and O–H groups in total. The first-order chi connectivity index (χ1) is 9.58. The molecule has 2 aromatic carbocycles. The zero-order valence-corrected chi connectivity index (χ0v) is 11.8. The summed E-state index contributed by atoms with van der Waals surface area (Å²) in [5, 5.41) is 7.68. The standard InChI is InChI=1S/C16H14O3S/c1-11(20-16(18)19)13-8-5-9-14(10-13)15(17)12-6-3-2-4-7-12/h2-11H,1H3,(H,18,19). The number of ketones is 1. The van der Waals surface area contributed by atoms with Crippen LogP contribution in [-0.4, -0.2) is 16.2 Å². The van der Waals surface area contributed by atoms with E-state index in [9.17, 15) is 9.59 Å². The van der Waals surface area contributed by atoms with Crippen LogP contribution in [0, 0.1) is 0 Å². The summed E-state index contributed by atoms with van der Waals surface area (Å²) in [7, 11) is 0. The van der Waals surface area contributed by atoms with E-state index in [1.54, 1.807) is 30.3 Å². The molecule has 0 heterocycles. The summed E-state index contributed by atoms with van der Waals surface area (Å²) >= 11 is 0.829. The Bertz CT molecular complexity index is 623. The van der Waals surface area contributed by atoms with Crippen LogP contribution in [0.3, 0.4) is 0 Å². The molecular formula is C16H14O3S. The van der Waals surface area contributed by atoms with Crippen molar-refractivity contribution in [1.82, 2.24) is 0 Å². The van der Waals surface area contributed by atoms with Crippen LogP contribution in [0.2, 0.25) is 0 Å². The monoisotopic (exact) mass is 286 g/mol. The Morgan fingerprint density at radius 2 is 1.65 bits per heavy atom. The van der Waals surface area contributed by atoms with Crippen molar-refractivity contribution in [3.63, 3.8) is 0 Å². The Balaban J connectivity index is 2.26. The quantitative estimate of drug-likeness (QED) is 0.847. The van der Waals surface area contributed by atoms with E-state index in [1.807, 2.05) is 31.2 Å². The van der Waals surface area contributed by atoms with Crippen LogP contribution in [0.15, 0.2) is 54.6 Å². The van der Waals surface area contributed by atoms with E-state index < -0.39 is 5.30 Å². The second-order valence-corrected chi connectivity index (χ2v) is 5.64. The maximum absolute atomic E-state index is 12.3. The lowest BCUT2D eigenvalue weighted by atomic mass is 10.0. The van der Waals surface area contributed by atoms with E-state index >= 15 is 0 Å². The summed E-state index contributed by atoms with van der Waals surface area (Å²) in [6.45, 7) is 1.81. The van der Waals surface area contributed by atoms with Crippen molar-refractivity contribution < 1.29 is 14.7 Å².